The summed E-state index contributed by atoms with van der Waals surface area (Å²) in [5.74, 6) is 1.04. The SMILES string of the molecule is c1csc(CN2CCOc3ccc(CN4CCc5sccc5C4)cc3C2)n1. The van der Waals surface area contributed by atoms with E-state index in [-0.39, 0.29) is 0 Å². The van der Waals surface area contributed by atoms with Gasteiger partial charge in [0, 0.05) is 54.7 Å². The fourth-order valence-corrected chi connectivity index (χ4v) is 5.50. The Morgan fingerprint density at radius 3 is 2.81 bits per heavy atom. The molecule has 0 spiro atoms. The third-order valence-electron chi connectivity index (χ3n) is 5.32. The zero-order valence-corrected chi connectivity index (χ0v) is 16.9. The van der Waals surface area contributed by atoms with Crippen molar-refractivity contribution in [3.05, 3.63) is 67.8 Å². The Labute approximate surface area is 168 Å². The van der Waals surface area contributed by atoms with E-state index in [2.05, 4.69) is 44.4 Å². The summed E-state index contributed by atoms with van der Waals surface area (Å²) in [4.78, 5) is 11.0. The van der Waals surface area contributed by atoms with Gasteiger partial charge in [-0.1, -0.05) is 6.07 Å². The summed E-state index contributed by atoms with van der Waals surface area (Å²) in [6.45, 7) is 6.74. The summed E-state index contributed by atoms with van der Waals surface area (Å²) in [7, 11) is 0. The van der Waals surface area contributed by atoms with Crippen molar-refractivity contribution in [1.29, 1.82) is 0 Å². The average Bonchev–Trinajstić information content (AvgIpc) is 3.30. The Hall–Kier alpha value is -1.73. The first kappa shape index (κ1) is 17.4. The Morgan fingerprint density at radius 2 is 1.89 bits per heavy atom. The summed E-state index contributed by atoms with van der Waals surface area (Å²) in [6, 6.07) is 9.03. The van der Waals surface area contributed by atoms with Gasteiger partial charge in [0.25, 0.3) is 0 Å². The maximum absolute atomic E-state index is 6.01. The first-order chi connectivity index (χ1) is 13.3. The lowest BCUT2D eigenvalue weighted by Gasteiger charge is -2.27. The van der Waals surface area contributed by atoms with E-state index >= 15 is 0 Å². The van der Waals surface area contributed by atoms with Crippen LogP contribution in [0.5, 0.6) is 5.75 Å². The zero-order valence-electron chi connectivity index (χ0n) is 15.3. The number of nitrogens with zero attached hydrogens (tertiary/aromatic N) is 3. The number of aromatic nitrogens is 1. The molecule has 2 aliphatic rings. The zero-order chi connectivity index (χ0) is 18.1. The fraction of sp³-hybridized carbons (Fsp3) is 0.381. The molecule has 0 radical (unpaired) electrons. The lowest BCUT2D eigenvalue weighted by molar-refractivity contribution is 0.219. The van der Waals surface area contributed by atoms with E-state index in [1.165, 1.54) is 28.1 Å². The van der Waals surface area contributed by atoms with Gasteiger partial charge in [-0.15, -0.1) is 22.7 Å². The Bertz CT molecular complexity index is 906. The molecule has 0 atom stereocenters. The van der Waals surface area contributed by atoms with Gasteiger partial charge in [0.2, 0.25) is 0 Å². The van der Waals surface area contributed by atoms with Crippen molar-refractivity contribution in [2.45, 2.75) is 32.6 Å². The van der Waals surface area contributed by atoms with Crippen LogP contribution in [-0.2, 0) is 32.6 Å². The van der Waals surface area contributed by atoms with Crippen molar-refractivity contribution < 1.29 is 4.74 Å². The molecule has 0 fully saturated rings. The van der Waals surface area contributed by atoms with E-state index in [4.69, 9.17) is 4.74 Å². The maximum Gasteiger partial charge on any atom is 0.123 e. The van der Waals surface area contributed by atoms with Crippen LogP contribution in [0.25, 0.3) is 0 Å². The molecule has 27 heavy (non-hydrogen) atoms. The van der Waals surface area contributed by atoms with Gasteiger partial charge in [-0.2, -0.15) is 0 Å². The van der Waals surface area contributed by atoms with E-state index < -0.39 is 0 Å². The summed E-state index contributed by atoms with van der Waals surface area (Å²) < 4.78 is 6.01. The predicted octanol–water partition coefficient (Wildman–Crippen LogP) is 4.16. The highest BCUT2D eigenvalue weighted by Gasteiger charge is 2.20. The summed E-state index contributed by atoms with van der Waals surface area (Å²) in [6.07, 6.45) is 3.07. The molecule has 2 aliphatic heterocycles. The van der Waals surface area contributed by atoms with Gasteiger partial charge < -0.3 is 4.74 Å². The number of rotatable bonds is 4. The molecule has 1 aromatic carbocycles. The highest BCUT2D eigenvalue weighted by atomic mass is 32.1. The molecule has 0 saturated carbocycles. The number of hydrogen-bond acceptors (Lipinski definition) is 6. The third kappa shape index (κ3) is 3.94. The van der Waals surface area contributed by atoms with Crippen LogP contribution in [0.3, 0.4) is 0 Å². The molecule has 3 aromatic rings. The molecule has 4 heterocycles. The first-order valence-corrected chi connectivity index (χ1v) is 11.2. The molecule has 0 amide bonds. The summed E-state index contributed by atoms with van der Waals surface area (Å²) in [5, 5.41) is 5.45. The molecule has 2 aromatic heterocycles. The summed E-state index contributed by atoms with van der Waals surface area (Å²) in [5.41, 5.74) is 4.20. The number of ether oxygens (including phenoxy) is 1. The lowest BCUT2D eigenvalue weighted by atomic mass is 10.1. The van der Waals surface area contributed by atoms with Crippen LogP contribution < -0.4 is 4.74 Å². The normalized spacial score (nSPS) is 17.8. The van der Waals surface area contributed by atoms with Crippen molar-refractivity contribution in [1.82, 2.24) is 14.8 Å². The molecule has 5 rings (SSSR count). The van der Waals surface area contributed by atoms with Crippen LogP contribution in [0.1, 0.15) is 26.6 Å². The van der Waals surface area contributed by atoms with Gasteiger partial charge in [0.05, 0.1) is 6.54 Å². The molecule has 6 heteroatoms. The molecule has 140 valence electrons. The number of fused-ring (bicyclic) bond motifs is 2. The lowest BCUT2D eigenvalue weighted by Crippen LogP contribution is -2.29. The van der Waals surface area contributed by atoms with Crippen molar-refractivity contribution in [2.75, 3.05) is 19.7 Å². The van der Waals surface area contributed by atoms with Crippen LogP contribution in [-0.4, -0.2) is 34.5 Å². The number of benzene rings is 1. The second-order valence-corrected chi connectivity index (χ2v) is 9.24. The Kier molecular flexibility index (Phi) is 4.97. The topological polar surface area (TPSA) is 28.6 Å². The van der Waals surface area contributed by atoms with E-state index in [0.29, 0.717) is 0 Å². The Morgan fingerprint density at radius 1 is 0.963 bits per heavy atom. The predicted molar refractivity (Wildman–Crippen MR) is 110 cm³/mol. The van der Waals surface area contributed by atoms with Gasteiger partial charge >= 0.3 is 0 Å². The molecule has 0 N–H and O–H groups in total. The first-order valence-electron chi connectivity index (χ1n) is 9.46. The molecule has 4 nitrogen and oxygen atoms in total. The number of thiophene rings is 1. The van der Waals surface area contributed by atoms with Crippen LogP contribution in [0.15, 0.2) is 41.2 Å². The average molecular weight is 398 g/mol. The van der Waals surface area contributed by atoms with Crippen molar-refractivity contribution in [3.8, 4) is 5.75 Å². The molecular weight excluding hydrogens is 374 g/mol. The smallest absolute Gasteiger partial charge is 0.123 e. The van der Waals surface area contributed by atoms with Crippen LogP contribution in [0.2, 0.25) is 0 Å². The van der Waals surface area contributed by atoms with Gasteiger partial charge in [-0.3, -0.25) is 9.80 Å². The van der Waals surface area contributed by atoms with E-state index in [1.807, 2.05) is 22.9 Å². The van der Waals surface area contributed by atoms with E-state index in [9.17, 15) is 0 Å². The van der Waals surface area contributed by atoms with Gasteiger partial charge in [-0.05, 0) is 41.1 Å². The monoisotopic (exact) mass is 397 g/mol. The third-order valence-corrected chi connectivity index (χ3v) is 7.11. The largest absolute Gasteiger partial charge is 0.492 e. The van der Waals surface area contributed by atoms with Crippen molar-refractivity contribution in [3.63, 3.8) is 0 Å². The van der Waals surface area contributed by atoms with Gasteiger partial charge in [0.15, 0.2) is 0 Å². The van der Waals surface area contributed by atoms with Crippen molar-refractivity contribution >= 4 is 22.7 Å². The number of hydrogen-bond donors (Lipinski definition) is 0. The van der Waals surface area contributed by atoms with E-state index in [0.717, 1.165) is 51.6 Å². The quantitative estimate of drug-likeness (QED) is 0.661. The second kappa shape index (κ2) is 7.72. The molecule has 0 saturated heterocycles. The molecule has 0 aliphatic carbocycles. The highest BCUT2D eigenvalue weighted by Crippen LogP contribution is 2.28. The van der Waals surface area contributed by atoms with Gasteiger partial charge in [0.1, 0.15) is 17.4 Å². The molecular formula is C21H23N3OS2. The molecule has 0 bridgehead atoms. The van der Waals surface area contributed by atoms with Crippen LogP contribution >= 0.6 is 22.7 Å². The van der Waals surface area contributed by atoms with E-state index in [1.54, 1.807) is 16.2 Å². The summed E-state index contributed by atoms with van der Waals surface area (Å²) >= 11 is 3.63. The minimum absolute atomic E-state index is 0.741. The standard InChI is InChI=1S/C21H23N3OS2/c1-2-19-18(14-24(7-8-25-19)15-21-22-5-10-27-21)11-16(1)12-23-6-3-20-17(13-23)4-9-26-20/h1-2,4-5,9-11H,3,6-8,12-15H2. The van der Waals surface area contributed by atoms with Crippen molar-refractivity contribution in [2.24, 2.45) is 0 Å². The molecule has 0 unspecified atom stereocenters. The fourth-order valence-electron chi connectivity index (χ4n) is 3.96. The Balaban J connectivity index is 1.29. The van der Waals surface area contributed by atoms with Gasteiger partial charge in [-0.25, -0.2) is 4.98 Å². The second-order valence-electron chi connectivity index (χ2n) is 7.26. The van der Waals surface area contributed by atoms with Crippen LogP contribution in [0.4, 0.5) is 0 Å². The minimum atomic E-state index is 0.741. The van der Waals surface area contributed by atoms with Crippen LogP contribution in [0, 0.1) is 0 Å². The minimum Gasteiger partial charge on any atom is -0.492 e. The maximum atomic E-state index is 6.01. The number of thiazole rings is 1. The highest BCUT2D eigenvalue weighted by molar-refractivity contribution is 7.10.